The zero-order chi connectivity index (χ0) is 14.4. The second kappa shape index (κ2) is 6.69. The van der Waals surface area contributed by atoms with Crippen LogP contribution >= 0.6 is 0 Å². The van der Waals surface area contributed by atoms with Crippen LogP contribution in [0, 0.1) is 0 Å². The third-order valence-corrected chi connectivity index (χ3v) is 2.60. The molecule has 1 N–H and O–H groups in total. The maximum atomic E-state index is 11.8. The van der Waals surface area contributed by atoms with Crippen LogP contribution in [-0.2, 0) is 4.74 Å². The van der Waals surface area contributed by atoms with Gasteiger partial charge in [-0.1, -0.05) is 0 Å². The van der Waals surface area contributed by atoms with Crippen LogP contribution in [0.5, 0.6) is 11.5 Å². The number of halogens is 3. The first-order valence-corrected chi connectivity index (χ1v) is 6.33. The van der Waals surface area contributed by atoms with Gasteiger partial charge in [-0.15, -0.1) is 0 Å². The molecular formula is C13H16F3NO3. The Morgan fingerprint density at radius 2 is 1.90 bits per heavy atom. The van der Waals surface area contributed by atoms with Crippen molar-refractivity contribution in [2.45, 2.75) is 12.6 Å². The highest BCUT2D eigenvalue weighted by atomic mass is 19.4. The minimum Gasteiger partial charge on any atom is -0.486 e. The number of alkyl halides is 3. The van der Waals surface area contributed by atoms with Gasteiger partial charge in [0.1, 0.15) is 19.8 Å². The van der Waals surface area contributed by atoms with Crippen LogP contribution in [0.3, 0.4) is 0 Å². The van der Waals surface area contributed by atoms with Gasteiger partial charge in [0.05, 0.1) is 0 Å². The van der Waals surface area contributed by atoms with Gasteiger partial charge in [0, 0.05) is 24.9 Å². The van der Waals surface area contributed by atoms with Crippen LogP contribution in [0.1, 0.15) is 6.42 Å². The van der Waals surface area contributed by atoms with Gasteiger partial charge in [-0.25, -0.2) is 0 Å². The molecule has 0 aromatic heterocycles. The fourth-order valence-electron chi connectivity index (χ4n) is 1.75. The van der Waals surface area contributed by atoms with E-state index in [-0.39, 0.29) is 6.61 Å². The zero-order valence-corrected chi connectivity index (χ0v) is 10.8. The second-order valence-electron chi connectivity index (χ2n) is 4.31. The molecule has 0 atom stereocenters. The Hall–Kier alpha value is -1.63. The zero-order valence-electron chi connectivity index (χ0n) is 10.8. The quantitative estimate of drug-likeness (QED) is 0.818. The molecule has 0 unspecified atom stereocenters. The number of rotatable bonds is 6. The summed E-state index contributed by atoms with van der Waals surface area (Å²) in [4.78, 5) is 0. The van der Waals surface area contributed by atoms with Gasteiger partial charge in [0.2, 0.25) is 0 Å². The molecule has 112 valence electrons. The van der Waals surface area contributed by atoms with E-state index in [0.29, 0.717) is 37.7 Å². The molecule has 2 rings (SSSR count). The number of ether oxygens (including phenoxy) is 3. The predicted molar refractivity (Wildman–Crippen MR) is 67.4 cm³/mol. The van der Waals surface area contributed by atoms with Crippen molar-refractivity contribution < 1.29 is 27.4 Å². The summed E-state index contributed by atoms with van der Waals surface area (Å²) >= 11 is 0. The Morgan fingerprint density at radius 3 is 2.65 bits per heavy atom. The number of hydrogen-bond acceptors (Lipinski definition) is 4. The van der Waals surface area contributed by atoms with Crippen LogP contribution in [0.15, 0.2) is 18.2 Å². The largest absolute Gasteiger partial charge is 0.486 e. The number of nitrogens with one attached hydrogen (secondary N) is 1. The normalized spacial score (nSPS) is 14.2. The second-order valence-corrected chi connectivity index (χ2v) is 4.31. The first-order chi connectivity index (χ1) is 9.54. The Labute approximate surface area is 114 Å². The molecule has 0 aliphatic carbocycles. The summed E-state index contributed by atoms with van der Waals surface area (Å²) in [6.45, 7) is 0.448. The van der Waals surface area contributed by atoms with Crippen molar-refractivity contribution in [2.75, 3.05) is 38.3 Å². The topological polar surface area (TPSA) is 39.7 Å². The van der Waals surface area contributed by atoms with Crippen LogP contribution in [0.2, 0.25) is 0 Å². The highest BCUT2D eigenvalue weighted by molar-refractivity contribution is 5.55. The van der Waals surface area contributed by atoms with E-state index in [4.69, 9.17) is 9.47 Å². The molecule has 1 aliphatic rings. The van der Waals surface area contributed by atoms with E-state index in [9.17, 15) is 13.2 Å². The van der Waals surface area contributed by atoms with E-state index in [1.165, 1.54) is 0 Å². The average Bonchev–Trinajstić information content (AvgIpc) is 2.41. The van der Waals surface area contributed by atoms with Gasteiger partial charge in [-0.2, -0.15) is 13.2 Å². The number of anilines is 1. The Balaban J connectivity index is 1.67. The molecule has 7 heteroatoms. The van der Waals surface area contributed by atoms with Gasteiger partial charge in [0.15, 0.2) is 11.5 Å². The van der Waals surface area contributed by atoms with E-state index < -0.39 is 12.8 Å². The smallest absolute Gasteiger partial charge is 0.411 e. The molecule has 1 aliphatic heterocycles. The minimum atomic E-state index is -4.26. The first-order valence-electron chi connectivity index (χ1n) is 6.33. The number of benzene rings is 1. The van der Waals surface area contributed by atoms with Crippen molar-refractivity contribution in [3.8, 4) is 11.5 Å². The van der Waals surface area contributed by atoms with Crippen LogP contribution in [-0.4, -0.2) is 39.1 Å². The molecule has 0 saturated heterocycles. The Bertz CT molecular complexity index is 437. The molecule has 0 radical (unpaired) electrons. The van der Waals surface area contributed by atoms with Crippen LogP contribution < -0.4 is 14.8 Å². The lowest BCUT2D eigenvalue weighted by atomic mass is 10.2. The maximum Gasteiger partial charge on any atom is 0.411 e. The summed E-state index contributed by atoms with van der Waals surface area (Å²) < 4.78 is 50.8. The van der Waals surface area contributed by atoms with Crippen molar-refractivity contribution >= 4 is 5.69 Å². The van der Waals surface area contributed by atoms with E-state index in [1.54, 1.807) is 6.07 Å². The summed E-state index contributed by atoms with van der Waals surface area (Å²) in [7, 11) is 0. The highest BCUT2D eigenvalue weighted by Gasteiger charge is 2.27. The lowest BCUT2D eigenvalue weighted by Crippen LogP contribution is -2.18. The Morgan fingerprint density at radius 1 is 1.15 bits per heavy atom. The van der Waals surface area contributed by atoms with Gasteiger partial charge in [-0.3, -0.25) is 0 Å². The SMILES string of the molecule is FC(F)(F)COCCCNc1ccc2c(c1)OCCO2. The first kappa shape index (κ1) is 14.8. The van der Waals surface area contributed by atoms with Crippen molar-refractivity contribution in [2.24, 2.45) is 0 Å². The van der Waals surface area contributed by atoms with E-state index in [1.807, 2.05) is 12.1 Å². The predicted octanol–water partition coefficient (Wildman–Crippen LogP) is 2.84. The fraction of sp³-hybridized carbons (Fsp3) is 0.538. The number of hydrogen-bond donors (Lipinski definition) is 1. The van der Waals surface area contributed by atoms with Crippen molar-refractivity contribution in [3.63, 3.8) is 0 Å². The van der Waals surface area contributed by atoms with Crippen molar-refractivity contribution in [1.29, 1.82) is 0 Å². The van der Waals surface area contributed by atoms with E-state index in [0.717, 1.165) is 5.69 Å². The van der Waals surface area contributed by atoms with E-state index >= 15 is 0 Å². The third-order valence-electron chi connectivity index (χ3n) is 2.60. The molecule has 0 saturated carbocycles. The fourth-order valence-corrected chi connectivity index (χ4v) is 1.75. The Kier molecular flexibility index (Phi) is 4.94. The molecule has 0 bridgehead atoms. The van der Waals surface area contributed by atoms with Crippen molar-refractivity contribution in [1.82, 2.24) is 0 Å². The average molecular weight is 291 g/mol. The number of fused-ring (bicyclic) bond motifs is 1. The maximum absolute atomic E-state index is 11.8. The van der Waals surface area contributed by atoms with Gasteiger partial charge in [0.25, 0.3) is 0 Å². The van der Waals surface area contributed by atoms with Gasteiger partial charge in [-0.05, 0) is 18.6 Å². The lowest BCUT2D eigenvalue weighted by Gasteiger charge is -2.19. The molecule has 0 fully saturated rings. The minimum absolute atomic E-state index is 0.0665. The summed E-state index contributed by atoms with van der Waals surface area (Å²) in [5, 5.41) is 3.10. The van der Waals surface area contributed by atoms with Crippen molar-refractivity contribution in [3.05, 3.63) is 18.2 Å². The summed E-state index contributed by atoms with van der Waals surface area (Å²) in [5.41, 5.74) is 0.838. The summed E-state index contributed by atoms with van der Waals surface area (Å²) in [6, 6.07) is 5.45. The highest BCUT2D eigenvalue weighted by Crippen LogP contribution is 2.32. The molecule has 20 heavy (non-hydrogen) atoms. The standard InChI is InChI=1S/C13H16F3NO3/c14-13(15,16)9-18-5-1-4-17-10-2-3-11-12(8-10)20-7-6-19-11/h2-3,8,17H,1,4-7,9H2. The van der Waals surface area contributed by atoms with Gasteiger partial charge >= 0.3 is 6.18 Å². The van der Waals surface area contributed by atoms with Gasteiger partial charge < -0.3 is 19.5 Å². The summed E-state index contributed by atoms with van der Waals surface area (Å²) in [5.74, 6) is 1.38. The van der Waals surface area contributed by atoms with Crippen LogP contribution in [0.25, 0.3) is 0 Å². The molecule has 0 amide bonds. The molecule has 1 heterocycles. The lowest BCUT2D eigenvalue weighted by molar-refractivity contribution is -0.173. The molecular weight excluding hydrogens is 275 g/mol. The molecule has 0 spiro atoms. The third kappa shape index (κ3) is 4.80. The summed E-state index contributed by atoms with van der Waals surface area (Å²) in [6.07, 6.45) is -3.77. The molecule has 1 aromatic carbocycles. The van der Waals surface area contributed by atoms with Crippen LogP contribution in [0.4, 0.5) is 18.9 Å². The molecule has 1 aromatic rings. The van der Waals surface area contributed by atoms with E-state index in [2.05, 4.69) is 10.1 Å². The monoisotopic (exact) mass is 291 g/mol. The molecule has 4 nitrogen and oxygen atoms in total.